The summed E-state index contributed by atoms with van der Waals surface area (Å²) in [6.07, 6.45) is 0. The first kappa shape index (κ1) is 16.5. The Balaban J connectivity index is 2.02. The van der Waals surface area contributed by atoms with E-state index in [4.69, 9.17) is 0 Å². The predicted molar refractivity (Wildman–Crippen MR) is 93.3 cm³/mol. The molecule has 0 fully saturated rings. The van der Waals surface area contributed by atoms with Crippen LogP contribution in [0.15, 0.2) is 58.2 Å². The number of imidazole rings is 1. The number of benzene rings is 2. The Morgan fingerprint density at radius 1 is 0.958 bits per heavy atom. The Kier molecular flexibility index (Phi) is 4.06. The van der Waals surface area contributed by atoms with E-state index in [9.17, 15) is 13.2 Å². The van der Waals surface area contributed by atoms with Gasteiger partial charge in [-0.05, 0) is 23.8 Å². The molecule has 0 bridgehead atoms. The molecule has 0 spiro atoms. The fourth-order valence-corrected chi connectivity index (χ4v) is 3.93. The minimum Gasteiger partial charge on any atom is -0.295 e. The van der Waals surface area contributed by atoms with Gasteiger partial charge in [0.1, 0.15) is 0 Å². The van der Waals surface area contributed by atoms with E-state index in [-0.39, 0.29) is 17.1 Å². The van der Waals surface area contributed by atoms with Gasteiger partial charge in [-0.15, -0.1) is 0 Å². The molecule has 7 heteroatoms. The molecule has 6 nitrogen and oxygen atoms in total. The van der Waals surface area contributed by atoms with E-state index < -0.39 is 10.0 Å². The van der Waals surface area contributed by atoms with Crippen LogP contribution in [0.25, 0.3) is 11.0 Å². The molecule has 0 saturated heterocycles. The number of hydrogen-bond acceptors (Lipinski definition) is 3. The molecule has 1 aromatic heterocycles. The summed E-state index contributed by atoms with van der Waals surface area (Å²) in [7, 11) is 1.21. The van der Waals surface area contributed by atoms with Gasteiger partial charge >= 0.3 is 5.69 Å². The van der Waals surface area contributed by atoms with E-state index in [1.165, 1.54) is 13.4 Å². The zero-order chi connectivity index (χ0) is 17.5. The van der Waals surface area contributed by atoms with Gasteiger partial charge in [-0.25, -0.2) is 13.2 Å². The van der Waals surface area contributed by atoms with Crippen LogP contribution >= 0.6 is 0 Å². The number of nitrogens with zero attached hydrogens (tertiary/aromatic N) is 3. The van der Waals surface area contributed by atoms with Crippen molar-refractivity contribution in [1.29, 1.82) is 0 Å². The first-order chi connectivity index (χ1) is 11.3. The molecule has 0 saturated carbocycles. The van der Waals surface area contributed by atoms with E-state index in [1.54, 1.807) is 39.3 Å². The maximum absolute atomic E-state index is 12.8. The normalized spacial score (nSPS) is 12.2. The number of aromatic nitrogens is 2. The van der Waals surface area contributed by atoms with Crippen LogP contribution in [-0.2, 0) is 30.7 Å². The van der Waals surface area contributed by atoms with Gasteiger partial charge in [-0.1, -0.05) is 30.3 Å². The fourth-order valence-electron chi connectivity index (χ4n) is 2.75. The van der Waals surface area contributed by atoms with Gasteiger partial charge in [-0.3, -0.25) is 9.13 Å². The highest BCUT2D eigenvalue weighted by atomic mass is 32.2. The van der Waals surface area contributed by atoms with Gasteiger partial charge in [0, 0.05) is 27.7 Å². The average molecular weight is 345 g/mol. The van der Waals surface area contributed by atoms with E-state index >= 15 is 0 Å². The lowest BCUT2D eigenvalue weighted by molar-refractivity contribution is 0.467. The minimum absolute atomic E-state index is 0.176. The molecular weight excluding hydrogens is 326 g/mol. The topological polar surface area (TPSA) is 64.3 Å². The summed E-state index contributed by atoms with van der Waals surface area (Å²) in [5.41, 5.74) is 2.03. The molecule has 0 radical (unpaired) electrons. The van der Waals surface area contributed by atoms with Crippen LogP contribution in [0.2, 0.25) is 0 Å². The van der Waals surface area contributed by atoms with E-state index in [1.807, 2.05) is 30.3 Å². The molecule has 0 N–H and O–H groups in total. The Morgan fingerprint density at radius 3 is 2.25 bits per heavy atom. The lowest BCUT2D eigenvalue weighted by atomic mass is 10.2. The molecule has 3 rings (SSSR count). The third-order valence-corrected chi connectivity index (χ3v) is 6.00. The SMILES string of the molecule is CN(Cc1ccccc1)S(=O)(=O)c1ccc2c(c1)n(C)c(=O)n2C. The third kappa shape index (κ3) is 2.65. The summed E-state index contributed by atoms with van der Waals surface area (Å²) in [5.74, 6) is 0. The predicted octanol–water partition coefficient (Wildman–Crippen LogP) is 1.70. The van der Waals surface area contributed by atoms with Gasteiger partial charge in [0.15, 0.2) is 0 Å². The molecule has 3 aromatic rings. The average Bonchev–Trinajstić information content (AvgIpc) is 2.80. The fraction of sp³-hybridized carbons (Fsp3) is 0.235. The summed E-state index contributed by atoms with van der Waals surface area (Å²) in [5, 5.41) is 0. The molecule has 1 heterocycles. The monoisotopic (exact) mass is 345 g/mol. The quantitative estimate of drug-likeness (QED) is 0.723. The Morgan fingerprint density at radius 2 is 1.58 bits per heavy atom. The molecule has 0 unspecified atom stereocenters. The highest BCUT2D eigenvalue weighted by molar-refractivity contribution is 7.89. The smallest absolute Gasteiger partial charge is 0.295 e. The van der Waals surface area contributed by atoms with Gasteiger partial charge < -0.3 is 0 Å². The first-order valence-electron chi connectivity index (χ1n) is 7.48. The zero-order valence-corrected chi connectivity index (χ0v) is 14.6. The number of fused-ring (bicyclic) bond motifs is 1. The molecule has 0 amide bonds. The number of aryl methyl sites for hydroxylation is 2. The summed E-state index contributed by atoms with van der Waals surface area (Å²) in [6, 6.07) is 14.2. The van der Waals surface area contributed by atoms with E-state index in [2.05, 4.69) is 0 Å². The van der Waals surface area contributed by atoms with Crippen LogP contribution in [0.5, 0.6) is 0 Å². The number of rotatable bonds is 4. The van der Waals surface area contributed by atoms with Crippen molar-refractivity contribution in [3.8, 4) is 0 Å². The largest absolute Gasteiger partial charge is 0.328 e. The van der Waals surface area contributed by atoms with Crippen LogP contribution in [-0.4, -0.2) is 28.9 Å². The maximum Gasteiger partial charge on any atom is 0.328 e. The molecule has 0 aliphatic carbocycles. The standard InChI is InChI=1S/C17H19N3O3S/c1-18(12-13-7-5-4-6-8-13)24(22,23)14-9-10-15-16(11-14)20(3)17(21)19(15)2/h4-11H,12H2,1-3H3. The van der Waals surface area contributed by atoms with Crippen LogP contribution in [0, 0.1) is 0 Å². The zero-order valence-electron chi connectivity index (χ0n) is 13.8. The lowest BCUT2D eigenvalue weighted by Crippen LogP contribution is -2.26. The van der Waals surface area contributed by atoms with Crippen LogP contribution < -0.4 is 5.69 Å². The molecule has 126 valence electrons. The molecule has 2 aromatic carbocycles. The molecule has 24 heavy (non-hydrogen) atoms. The minimum atomic E-state index is -3.64. The van der Waals surface area contributed by atoms with E-state index in [0.717, 1.165) is 5.56 Å². The van der Waals surface area contributed by atoms with Gasteiger partial charge in [0.05, 0.1) is 15.9 Å². The van der Waals surface area contributed by atoms with Crippen molar-refractivity contribution in [3.05, 3.63) is 64.6 Å². The summed E-state index contributed by atoms with van der Waals surface area (Å²) in [6.45, 7) is 0.287. The highest BCUT2D eigenvalue weighted by Gasteiger charge is 2.22. The van der Waals surface area contributed by atoms with Crippen LogP contribution in [0.4, 0.5) is 0 Å². The van der Waals surface area contributed by atoms with Crippen LogP contribution in [0.3, 0.4) is 0 Å². The molecule has 0 atom stereocenters. The third-order valence-electron chi connectivity index (χ3n) is 4.20. The van der Waals surface area contributed by atoms with E-state index in [0.29, 0.717) is 11.0 Å². The second kappa shape index (κ2) is 5.92. The molecular formula is C17H19N3O3S. The lowest BCUT2D eigenvalue weighted by Gasteiger charge is -2.17. The van der Waals surface area contributed by atoms with Gasteiger partial charge in [-0.2, -0.15) is 4.31 Å². The second-order valence-corrected chi connectivity index (χ2v) is 7.84. The van der Waals surface area contributed by atoms with Crippen molar-refractivity contribution in [2.45, 2.75) is 11.4 Å². The maximum atomic E-state index is 12.8. The van der Waals surface area contributed by atoms with Crippen molar-refractivity contribution >= 4 is 21.1 Å². The van der Waals surface area contributed by atoms with Gasteiger partial charge in [0.2, 0.25) is 10.0 Å². The Hall–Kier alpha value is -2.38. The Bertz CT molecular complexity index is 1050. The van der Waals surface area contributed by atoms with Crippen molar-refractivity contribution in [1.82, 2.24) is 13.4 Å². The van der Waals surface area contributed by atoms with Gasteiger partial charge in [0.25, 0.3) is 0 Å². The first-order valence-corrected chi connectivity index (χ1v) is 8.92. The summed E-state index contributed by atoms with van der Waals surface area (Å²) < 4.78 is 29.9. The van der Waals surface area contributed by atoms with Crippen molar-refractivity contribution in [2.75, 3.05) is 7.05 Å². The van der Waals surface area contributed by atoms with Crippen molar-refractivity contribution < 1.29 is 8.42 Å². The molecule has 0 aliphatic heterocycles. The Labute approximate surface area is 140 Å². The van der Waals surface area contributed by atoms with Crippen LogP contribution in [0.1, 0.15) is 5.56 Å². The second-order valence-electron chi connectivity index (χ2n) is 5.80. The summed E-state index contributed by atoms with van der Waals surface area (Å²) in [4.78, 5) is 12.2. The summed E-state index contributed by atoms with van der Waals surface area (Å²) >= 11 is 0. The van der Waals surface area contributed by atoms with Crippen molar-refractivity contribution in [3.63, 3.8) is 0 Å². The molecule has 0 aliphatic rings. The number of hydrogen-bond donors (Lipinski definition) is 0. The highest BCUT2D eigenvalue weighted by Crippen LogP contribution is 2.21. The van der Waals surface area contributed by atoms with Crippen molar-refractivity contribution in [2.24, 2.45) is 14.1 Å². The number of sulfonamides is 1.